The van der Waals surface area contributed by atoms with Crippen molar-refractivity contribution in [1.29, 1.82) is 0 Å². The van der Waals surface area contributed by atoms with E-state index in [1.807, 2.05) is 17.2 Å². The van der Waals surface area contributed by atoms with Gasteiger partial charge in [0.05, 0.1) is 18.8 Å². The molecular formula is C11H17N3O2S. The molecule has 0 radical (unpaired) electrons. The molecule has 0 unspecified atom stereocenters. The average Bonchev–Trinajstić information content (AvgIpc) is 2.87. The minimum absolute atomic E-state index is 0.0558. The van der Waals surface area contributed by atoms with Crippen molar-refractivity contribution in [2.75, 3.05) is 25.0 Å². The van der Waals surface area contributed by atoms with Gasteiger partial charge in [-0.3, -0.25) is 9.69 Å². The Morgan fingerprint density at radius 3 is 3.24 bits per heavy atom. The first kappa shape index (κ1) is 12.5. The van der Waals surface area contributed by atoms with Crippen molar-refractivity contribution in [2.45, 2.75) is 25.8 Å². The van der Waals surface area contributed by atoms with Gasteiger partial charge in [0.1, 0.15) is 0 Å². The Balaban J connectivity index is 1.85. The number of nitrogens with zero attached hydrogens (tertiary/aromatic N) is 2. The van der Waals surface area contributed by atoms with Gasteiger partial charge in [0, 0.05) is 11.4 Å². The van der Waals surface area contributed by atoms with E-state index in [1.54, 1.807) is 0 Å². The van der Waals surface area contributed by atoms with Gasteiger partial charge in [0.25, 0.3) is 0 Å². The van der Waals surface area contributed by atoms with E-state index in [9.17, 15) is 4.79 Å². The first-order valence-electron chi connectivity index (χ1n) is 5.76. The summed E-state index contributed by atoms with van der Waals surface area (Å²) >= 11 is 1.43. The van der Waals surface area contributed by atoms with E-state index in [1.165, 1.54) is 11.3 Å². The Labute approximate surface area is 104 Å². The number of carbonyl (C=O) groups is 1. The zero-order valence-corrected chi connectivity index (χ0v) is 10.7. The van der Waals surface area contributed by atoms with Crippen LogP contribution in [0.3, 0.4) is 0 Å². The number of amides is 1. The van der Waals surface area contributed by atoms with E-state index in [0.717, 1.165) is 25.1 Å². The third-order valence-electron chi connectivity index (χ3n) is 2.92. The molecule has 6 heteroatoms. The van der Waals surface area contributed by atoms with Gasteiger partial charge in [0.2, 0.25) is 5.91 Å². The SMILES string of the molecule is Cc1csc(NC(=O)CN2CCC[C@@H]2CO)n1. The van der Waals surface area contributed by atoms with Crippen molar-refractivity contribution in [1.82, 2.24) is 9.88 Å². The van der Waals surface area contributed by atoms with E-state index in [4.69, 9.17) is 5.11 Å². The molecule has 1 aromatic heterocycles. The maximum absolute atomic E-state index is 11.8. The van der Waals surface area contributed by atoms with Crippen LogP contribution in [0.15, 0.2) is 5.38 Å². The number of rotatable bonds is 4. The maximum Gasteiger partial charge on any atom is 0.240 e. The molecular weight excluding hydrogens is 238 g/mol. The lowest BCUT2D eigenvalue weighted by Crippen LogP contribution is -2.38. The summed E-state index contributed by atoms with van der Waals surface area (Å²) in [5.41, 5.74) is 0.916. The molecule has 1 amide bonds. The number of thiazole rings is 1. The van der Waals surface area contributed by atoms with Gasteiger partial charge < -0.3 is 10.4 Å². The van der Waals surface area contributed by atoms with Crippen molar-refractivity contribution in [2.24, 2.45) is 0 Å². The Kier molecular flexibility index (Phi) is 4.09. The Bertz CT molecular complexity index is 394. The highest BCUT2D eigenvalue weighted by Gasteiger charge is 2.25. The minimum atomic E-state index is -0.0558. The van der Waals surface area contributed by atoms with Crippen LogP contribution in [-0.2, 0) is 4.79 Å². The molecule has 2 N–H and O–H groups in total. The number of nitrogens with one attached hydrogen (secondary N) is 1. The predicted octanol–water partition coefficient (Wildman–Crippen LogP) is 0.847. The standard InChI is InChI=1S/C11H17N3O2S/c1-8-7-17-11(12-8)13-10(16)5-14-4-2-3-9(14)6-15/h7,9,15H,2-6H2,1H3,(H,12,13,16)/t9-/m1/s1. The topological polar surface area (TPSA) is 65.5 Å². The van der Waals surface area contributed by atoms with E-state index in [0.29, 0.717) is 11.7 Å². The lowest BCUT2D eigenvalue weighted by atomic mass is 10.2. The van der Waals surface area contributed by atoms with E-state index in [-0.39, 0.29) is 18.6 Å². The average molecular weight is 255 g/mol. The Morgan fingerprint density at radius 1 is 1.76 bits per heavy atom. The molecule has 0 aromatic carbocycles. The molecule has 0 bridgehead atoms. The number of anilines is 1. The molecule has 2 heterocycles. The third-order valence-corrected chi connectivity index (χ3v) is 3.80. The number of likely N-dealkylation sites (tertiary alicyclic amines) is 1. The van der Waals surface area contributed by atoms with Gasteiger partial charge >= 0.3 is 0 Å². The Hall–Kier alpha value is -0.980. The molecule has 1 aromatic rings. The molecule has 17 heavy (non-hydrogen) atoms. The van der Waals surface area contributed by atoms with Crippen LogP contribution in [0.2, 0.25) is 0 Å². The van der Waals surface area contributed by atoms with Crippen molar-refractivity contribution in [3.05, 3.63) is 11.1 Å². The highest BCUT2D eigenvalue weighted by molar-refractivity contribution is 7.13. The smallest absolute Gasteiger partial charge is 0.240 e. The maximum atomic E-state index is 11.8. The lowest BCUT2D eigenvalue weighted by Gasteiger charge is -2.21. The molecule has 0 aliphatic carbocycles. The number of carbonyl (C=O) groups excluding carboxylic acids is 1. The van der Waals surface area contributed by atoms with Crippen LogP contribution in [0.5, 0.6) is 0 Å². The second kappa shape index (κ2) is 5.57. The summed E-state index contributed by atoms with van der Waals surface area (Å²) in [6, 6.07) is 0.138. The summed E-state index contributed by atoms with van der Waals surface area (Å²) in [6.45, 7) is 3.25. The van der Waals surface area contributed by atoms with Gasteiger partial charge in [-0.15, -0.1) is 11.3 Å². The van der Waals surface area contributed by atoms with Crippen LogP contribution in [0.25, 0.3) is 0 Å². The van der Waals surface area contributed by atoms with Crippen molar-refractivity contribution < 1.29 is 9.90 Å². The second-order valence-corrected chi connectivity index (χ2v) is 5.15. The quantitative estimate of drug-likeness (QED) is 0.837. The summed E-state index contributed by atoms with van der Waals surface area (Å²) in [5, 5.41) is 14.5. The highest BCUT2D eigenvalue weighted by Crippen LogP contribution is 2.17. The van der Waals surface area contributed by atoms with Crippen molar-refractivity contribution in [3.63, 3.8) is 0 Å². The van der Waals surface area contributed by atoms with Crippen molar-refractivity contribution in [3.8, 4) is 0 Å². The van der Waals surface area contributed by atoms with E-state index in [2.05, 4.69) is 10.3 Å². The van der Waals surface area contributed by atoms with Crippen LogP contribution >= 0.6 is 11.3 Å². The zero-order chi connectivity index (χ0) is 12.3. The molecule has 2 rings (SSSR count). The molecule has 94 valence electrons. The third kappa shape index (κ3) is 3.24. The Morgan fingerprint density at radius 2 is 2.59 bits per heavy atom. The van der Waals surface area contributed by atoms with E-state index < -0.39 is 0 Å². The number of hydrogen-bond acceptors (Lipinski definition) is 5. The van der Waals surface area contributed by atoms with Crippen LogP contribution in [0.4, 0.5) is 5.13 Å². The molecule has 1 aliphatic heterocycles. The van der Waals surface area contributed by atoms with Gasteiger partial charge in [-0.05, 0) is 26.3 Å². The normalized spacial score (nSPS) is 20.7. The number of aliphatic hydroxyl groups is 1. The second-order valence-electron chi connectivity index (χ2n) is 4.29. The zero-order valence-electron chi connectivity index (χ0n) is 9.85. The van der Waals surface area contributed by atoms with Crippen LogP contribution in [0.1, 0.15) is 18.5 Å². The van der Waals surface area contributed by atoms with Crippen LogP contribution in [-0.4, -0.2) is 46.6 Å². The fraction of sp³-hybridized carbons (Fsp3) is 0.636. The number of aliphatic hydroxyl groups excluding tert-OH is 1. The van der Waals surface area contributed by atoms with E-state index >= 15 is 0 Å². The minimum Gasteiger partial charge on any atom is -0.395 e. The fourth-order valence-electron chi connectivity index (χ4n) is 2.06. The summed E-state index contributed by atoms with van der Waals surface area (Å²) in [6.07, 6.45) is 2.02. The monoisotopic (exact) mass is 255 g/mol. The van der Waals surface area contributed by atoms with Gasteiger partial charge in [-0.2, -0.15) is 0 Å². The highest BCUT2D eigenvalue weighted by atomic mass is 32.1. The first-order valence-corrected chi connectivity index (χ1v) is 6.64. The molecule has 5 nitrogen and oxygen atoms in total. The van der Waals surface area contributed by atoms with Gasteiger partial charge in [-0.1, -0.05) is 0 Å². The van der Waals surface area contributed by atoms with Gasteiger partial charge in [-0.25, -0.2) is 4.98 Å². The molecule has 1 aliphatic rings. The summed E-state index contributed by atoms with van der Waals surface area (Å²) in [7, 11) is 0. The van der Waals surface area contributed by atoms with Crippen molar-refractivity contribution >= 4 is 22.4 Å². The summed E-state index contributed by atoms with van der Waals surface area (Å²) in [4.78, 5) is 18.0. The number of hydrogen-bond donors (Lipinski definition) is 2. The number of aryl methyl sites for hydroxylation is 1. The molecule has 0 saturated carbocycles. The lowest BCUT2D eigenvalue weighted by molar-refractivity contribution is -0.117. The largest absolute Gasteiger partial charge is 0.395 e. The fourth-order valence-corrected chi connectivity index (χ4v) is 2.77. The summed E-state index contributed by atoms with van der Waals surface area (Å²) < 4.78 is 0. The molecule has 1 saturated heterocycles. The first-order chi connectivity index (χ1) is 8.19. The molecule has 1 atom stereocenters. The van der Waals surface area contributed by atoms with Gasteiger partial charge in [0.15, 0.2) is 5.13 Å². The van der Waals surface area contributed by atoms with Crippen LogP contribution < -0.4 is 5.32 Å². The molecule has 1 fully saturated rings. The van der Waals surface area contributed by atoms with Crippen LogP contribution in [0, 0.1) is 6.92 Å². The predicted molar refractivity (Wildman–Crippen MR) is 67.2 cm³/mol. The number of aromatic nitrogens is 1. The summed E-state index contributed by atoms with van der Waals surface area (Å²) in [5.74, 6) is -0.0558. The molecule has 0 spiro atoms.